The predicted octanol–water partition coefficient (Wildman–Crippen LogP) is 2.53. The Morgan fingerprint density at radius 1 is 1.35 bits per heavy atom. The van der Waals surface area contributed by atoms with Gasteiger partial charge in [-0.2, -0.15) is 0 Å². The second kappa shape index (κ2) is 8.72. The van der Waals surface area contributed by atoms with Crippen LogP contribution in [0.2, 0.25) is 0 Å². The van der Waals surface area contributed by atoms with Crippen molar-refractivity contribution in [2.45, 2.75) is 24.3 Å². The van der Waals surface area contributed by atoms with Crippen LogP contribution in [0.25, 0.3) is 0 Å². The summed E-state index contributed by atoms with van der Waals surface area (Å²) in [6, 6.07) is 10.9. The van der Waals surface area contributed by atoms with Crippen molar-refractivity contribution in [1.29, 1.82) is 0 Å². The molecule has 1 rings (SSSR count). The van der Waals surface area contributed by atoms with Crippen molar-refractivity contribution in [1.82, 2.24) is 5.32 Å². The number of nitrogens with one attached hydrogen (secondary N) is 1. The summed E-state index contributed by atoms with van der Waals surface area (Å²) in [4.78, 5) is 1.32. The maximum atomic E-state index is 10.9. The third kappa shape index (κ3) is 7.58. The molecular formula is C13H21NOS2. The molecule has 0 saturated carbocycles. The molecule has 0 aliphatic carbocycles. The molecule has 0 saturated heterocycles. The molecule has 2 unspecified atom stereocenters. The highest BCUT2D eigenvalue weighted by atomic mass is 32.2. The molecule has 17 heavy (non-hydrogen) atoms. The van der Waals surface area contributed by atoms with Crippen LogP contribution < -0.4 is 5.32 Å². The van der Waals surface area contributed by atoms with E-state index in [1.807, 2.05) is 17.8 Å². The van der Waals surface area contributed by atoms with Gasteiger partial charge in [0.25, 0.3) is 0 Å². The monoisotopic (exact) mass is 271 g/mol. The van der Waals surface area contributed by atoms with Crippen LogP contribution >= 0.6 is 11.8 Å². The summed E-state index contributed by atoms with van der Waals surface area (Å²) in [6.07, 6.45) is 2.75. The maximum absolute atomic E-state index is 10.9. The van der Waals surface area contributed by atoms with Gasteiger partial charge in [0.1, 0.15) is 0 Å². The van der Waals surface area contributed by atoms with Crippen molar-refractivity contribution in [3.8, 4) is 0 Å². The Morgan fingerprint density at radius 3 is 2.71 bits per heavy atom. The molecule has 1 N–H and O–H groups in total. The number of benzene rings is 1. The largest absolute Gasteiger partial charge is 0.313 e. The standard InChI is InChI=1S/C13H21NOS2/c1-12(8-11-17(2)15)14-9-10-16-13-6-4-3-5-7-13/h3-7,12,14H,8-11H2,1-2H3. The zero-order valence-corrected chi connectivity index (χ0v) is 12.2. The lowest BCUT2D eigenvalue weighted by Crippen LogP contribution is -2.29. The second-order valence-corrected chi connectivity index (χ2v) is 6.81. The molecular weight excluding hydrogens is 250 g/mol. The lowest BCUT2D eigenvalue weighted by atomic mass is 10.3. The van der Waals surface area contributed by atoms with E-state index < -0.39 is 10.8 Å². The molecule has 1 aromatic rings. The van der Waals surface area contributed by atoms with Gasteiger partial charge >= 0.3 is 0 Å². The average Bonchev–Trinajstić information content (AvgIpc) is 2.33. The Labute approximate surface area is 111 Å². The molecule has 0 aromatic heterocycles. The summed E-state index contributed by atoms with van der Waals surface area (Å²) < 4.78 is 10.9. The SMILES string of the molecule is CC(CCS(C)=O)NCCSc1ccccc1. The number of hydrogen-bond acceptors (Lipinski definition) is 3. The normalized spacial score (nSPS) is 14.5. The minimum atomic E-state index is -0.668. The number of hydrogen-bond donors (Lipinski definition) is 1. The molecule has 0 spiro atoms. The van der Waals surface area contributed by atoms with Gasteiger partial charge in [-0.1, -0.05) is 18.2 Å². The van der Waals surface area contributed by atoms with Gasteiger partial charge in [0.2, 0.25) is 0 Å². The van der Waals surface area contributed by atoms with Crippen molar-refractivity contribution >= 4 is 22.6 Å². The van der Waals surface area contributed by atoms with E-state index in [0.29, 0.717) is 6.04 Å². The Balaban J connectivity index is 2.06. The van der Waals surface area contributed by atoms with E-state index in [1.54, 1.807) is 6.26 Å². The maximum Gasteiger partial charge on any atom is 0.0246 e. The first kappa shape index (κ1) is 14.7. The van der Waals surface area contributed by atoms with Crippen molar-refractivity contribution in [3.05, 3.63) is 30.3 Å². The predicted molar refractivity (Wildman–Crippen MR) is 78.2 cm³/mol. The molecule has 0 aliphatic heterocycles. The van der Waals surface area contributed by atoms with E-state index in [0.717, 1.165) is 24.5 Å². The minimum Gasteiger partial charge on any atom is -0.313 e. The fourth-order valence-electron chi connectivity index (χ4n) is 1.44. The number of rotatable bonds is 8. The summed E-state index contributed by atoms with van der Waals surface area (Å²) in [7, 11) is -0.668. The molecule has 96 valence electrons. The van der Waals surface area contributed by atoms with E-state index in [2.05, 4.69) is 36.5 Å². The van der Waals surface area contributed by atoms with Gasteiger partial charge in [-0.25, -0.2) is 0 Å². The fraction of sp³-hybridized carbons (Fsp3) is 0.538. The number of thioether (sulfide) groups is 1. The topological polar surface area (TPSA) is 29.1 Å². The molecule has 0 bridgehead atoms. The van der Waals surface area contributed by atoms with E-state index >= 15 is 0 Å². The van der Waals surface area contributed by atoms with E-state index in [1.165, 1.54) is 4.90 Å². The van der Waals surface area contributed by atoms with Gasteiger partial charge in [0.15, 0.2) is 0 Å². The summed E-state index contributed by atoms with van der Waals surface area (Å²) in [5, 5.41) is 3.45. The van der Waals surface area contributed by atoms with E-state index in [9.17, 15) is 4.21 Å². The Hall–Kier alpha value is -0.320. The van der Waals surface area contributed by atoms with Crippen LogP contribution in [0.5, 0.6) is 0 Å². The summed E-state index contributed by atoms with van der Waals surface area (Å²) in [5.74, 6) is 1.86. The summed E-state index contributed by atoms with van der Waals surface area (Å²) >= 11 is 1.86. The van der Waals surface area contributed by atoms with Crippen LogP contribution in [0.1, 0.15) is 13.3 Å². The zero-order chi connectivity index (χ0) is 12.5. The molecule has 2 atom stereocenters. The Bertz CT molecular complexity index is 329. The molecule has 4 heteroatoms. The van der Waals surface area contributed by atoms with Crippen LogP contribution in [-0.4, -0.2) is 34.6 Å². The average molecular weight is 271 g/mol. The molecule has 0 fully saturated rings. The smallest absolute Gasteiger partial charge is 0.0246 e. The van der Waals surface area contributed by atoms with Crippen LogP contribution in [0.3, 0.4) is 0 Å². The van der Waals surface area contributed by atoms with E-state index in [-0.39, 0.29) is 0 Å². The highest BCUT2D eigenvalue weighted by molar-refractivity contribution is 7.99. The summed E-state index contributed by atoms with van der Waals surface area (Å²) in [5.41, 5.74) is 0. The van der Waals surface area contributed by atoms with Gasteiger partial charge in [-0.05, 0) is 25.5 Å². The highest BCUT2D eigenvalue weighted by Gasteiger charge is 2.02. The molecule has 0 heterocycles. The zero-order valence-electron chi connectivity index (χ0n) is 10.5. The van der Waals surface area contributed by atoms with Crippen molar-refractivity contribution in [2.24, 2.45) is 0 Å². The summed E-state index contributed by atoms with van der Waals surface area (Å²) in [6.45, 7) is 3.15. The molecule has 0 amide bonds. The van der Waals surface area contributed by atoms with Gasteiger partial charge < -0.3 is 5.32 Å². The third-order valence-corrected chi connectivity index (χ3v) is 4.27. The first-order chi connectivity index (χ1) is 8.18. The first-order valence-electron chi connectivity index (χ1n) is 5.89. The fourth-order valence-corrected chi connectivity index (χ4v) is 2.93. The van der Waals surface area contributed by atoms with Crippen LogP contribution in [-0.2, 0) is 10.8 Å². The minimum absolute atomic E-state index is 0.454. The third-order valence-electron chi connectivity index (χ3n) is 2.45. The highest BCUT2D eigenvalue weighted by Crippen LogP contribution is 2.15. The lowest BCUT2D eigenvalue weighted by molar-refractivity contribution is 0.555. The van der Waals surface area contributed by atoms with Gasteiger partial charge in [-0.3, -0.25) is 4.21 Å². The van der Waals surface area contributed by atoms with Crippen LogP contribution in [0, 0.1) is 0 Å². The van der Waals surface area contributed by atoms with Crippen molar-refractivity contribution < 1.29 is 4.21 Å². The molecule has 2 nitrogen and oxygen atoms in total. The Morgan fingerprint density at radius 2 is 2.06 bits per heavy atom. The second-order valence-electron chi connectivity index (χ2n) is 4.08. The van der Waals surface area contributed by atoms with Crippen LogP contribution in [0.4, 0.5) is 0 Å². The van der Waals surface area contributed by atoms with Crippen molar-refractivity contribution in [3.63, 3.8) is 0 Å². The van der Waals surface area contributed by atoms with Gasteiger partial charge in [-0.15, -0.1) is 11.8 Å². The molecule has 0 radical (unpaired) electrons. The first-order valence-corrected chi connectivity index (χ1v) is 8.61. The Kier molecular flexibility index (Phi) is 7.56. The lowest BCUT2D eigenvalue weighted by Gasteiger charge is -2.12. The van der Waals surface area contributed by atoms with Gasteiger partial charge in [0.05, 0.1) is 0 Å². The molecule has 1 aromatic carbocycles. The van der Waals surface area contributed by atoms with Gasteiger partial charge in [0, 0.05) is 46.0 Å². The quantitative estimate of drug-likeness (QED) is 0.582. The van der Waals surface area contributed by atoms with E-state index in [4.69, 9.17) is 0 Å². The molecule has 0 aliphatic rings. The van der Waals surface area contributed by atoms with Crippen molar-refractivity contribution in [2.75, 3.05) is 24.3 Å². The van der Waals surface area contributed by atoms with Crippen LogP contribution in [0.15, 0.2) is 35.2 Å².